The molecule has 1 aliphatic rings. The van der Waals surface area contributed by atoms with Crippen LogP contribution in [0.4, 0.5) is 0 Å². The minimum atomic E-state index is 1.13. The molecule has 0 N–H and O–H groups in total. The van der Waals surface area contributed by atoms with Crippen molar-refractivity contribution >= 4 is 0 Å². The Labute approximate surface area is 87.7 Å². The van der Waals surface area contributed by atoms with Crippen molar-refractivity contribution < 1.29 is 0 Å². The number of hydrogen-bond donors (Lipinski definition) is 0. The fourth-order valence-corrected chi connectivity index (χ4v) is 1.88. The molecule has 0 atom stereocenters. The Balaban J connectivity index is 0.000000461. The van der Waals surface area contributed by atoms with Crippen molar-refractivity contribution in [2.24, 2.45) is 0 Å². The van der Waals surface area contributed by atoms with Gasteiger partial charge in [0, 0.05) is 13.1 Å². The van der Waals surface area contributed by atoms with Crippen LogP contribution in [0.5, 0.6) is 0 Å². The van der Waals surface area contributed by atoms with Gasteiger partial charge in [-0.15, -0.1) is 0 Å². The summed E-state index contributed by atoms with van der Waals surface area (Å²) < 4.78 is 0. The highest BCUT2D eigenvalue weighted by Gasteiger charge is 2.13. The first-order chi connectivity index (χ1) is 6.77. The van der Waals surface area contributed by atoms with E-state index in [0.717, 1.165) is 6.54 Å². The second-order valence-corrected chi connectivity index (χ2v) is 3.70. The maximum atomic E-state index is 2.38. The predicted molar refractivity (Wildman–Crippen MR) is 62.6 cm³/mol. The van der Waals surface area contributed by atoms with Crippen molar-refractivity contribution in [2.75, 3.05) is 13.6 Å². The summed E-state index contributed by atoms with van der Waals surface area (Å²) in [4.78, 5) is 2.38. The highest BCUT2D eigenvalue weighted by molar-refractivity contribution is 5.35. The molecule has 1 aromatic carbocycles. The predicted octanol–water partition coefficient (Wildman–Crippen LogP) is 3.01. The van der Waals surface area contributed by atoms with E-state index in [9.17, 15) is 0 Å². The normalized spacial score (nSPS) is 15.4. The molecule has 0 radical (unpaired) electrons. The summed E-state index contributed by atoms with van der Waals surface area (Å²) in [5.74, 6) is 0. The molecule has 1 aromatic rings. The van der Waals surface area contributed by atoms with Gasteiger partial charge in [0.25, 0.3) is 0 Å². The summed E-state index contributed by atoms with van der Waals surface area (Å²) in [6.07, 6.45) is 1.22. The van der Waals surface area contributed by atoms with E-state index in [1.165, 1.54) is 18.5 Å². The minimum absolute atomic E-state index is 1.13. The summed E-state index contributed by atoms with van der Waals surface area (Å²) in [6, 6.07) is 6.63. The maximum Gasteiger partial charge on any atom is 0.0236 e. The van der Waals surface area contributed by atoms with Crippen LogP contribution in [0.15, 0.2) is 18.2 Å². The molecule has 2 rings (SSSR count). The Morgan fingerprint density at radius 1 is 1.21 bits per heavy atom. The Morgan fingerprint density at radius 3 is 2.64 bits per heavy atom. The van der Waals surface area contributed by atoms with E-state index >= 15 is 0 Å². The summed E-state index contributed by atoms with van der Waals surface area (Å²) >= 11 is 0. The van der Waals surface area contributed by atoms with Crippen LogP contribution in [-0.4, -0.2) is 18.5 Å². The molecule has 0 aromatic heterocycles. The molecular formula is C13H21N. The zero-order valence-electron chi connectivity index (χ0n) is 9.80. The van der Waals surface area contributed by atoms with Crippen LogP contribution in [0.25, 0.3) is 0 Å². The van der Waals surface area contributed by atoms with Crippen LogP contribution < -0.4 is 0 Å². The molecule has 0 bridgehead atoms. The van der Waals surface area contributed by atoms with Gasteiger partial charge in [0.2, 0.25) is 0 Å². The van der Waals surface area contributed by atoms with Gasteiger partial charge >= 0.3 is 0 Å². The van der Waals surface area contributed by atoms with E-state index in [0.29, 0.717) is 0 Å². The first-order valence-electron chi connectivity index (χ1n) is 5.53. The van der Waals surface area contributed by atoms with Crippen LogP contribution in [-0.2, 0) is 13.0 Å². The molecule has 0 aliphatic carbocycles. The van der Waals surface area contributed by atoms with E-state index < -0.39 is 0 Å². The summed E-state index contributed by atoms with van der Waals surface area (Å²) in [5.41, 5.74) is 4.54. The van der Waals surface area contributed by atoms with E-state index in [4.69, 9.17) is 0 Å². The zero-order chi connectivity index (χ0) is 10.6. The van der Waals surface area contributed by atoms with Crippen molar-refractivity contribution in [3.63, 3.8) is 0 Å². The highest BCUT2D eigenvalue weighted by Crippen LogP contribution is 2.20. The molecule has 0 saturated carbocycles. The third-order valence-electron chi connectivity index (χ3n) is 2.70. The third kappa shape index (κ3) is 2.36. The Bertz CT molecular complexity index is 291. The molecular weight excluding hydrogens is 170 g/mol. The lowest BCUT2D eigenvalue weighted by molar-refractivity contribution is 0.312. The molecule has 0 fully saturated rings. The van der Waals surface area contributed by atoms with Gasteiger partial charge in [0.15, 0.2) is 0 Å². The van der Waals surface area contributed by atoms with Crippen molar-refractivity contribution in [3.8, 4) is 0 Å². The Hall–Kier alpha value is -0.820. The van der Waals surface area contributed by atoms with Gasteiger partial charge in [-0.3, -0.25) is 0 Å². The van der Waals surface area contributed by atoms with Crippen LogP contribution in [0.2, 0.25) is 0 Å². The fraction of sp³-hybridized carbons (Fsp3) is 0.538. The standard InChI is InChI=1S/C11H15N.C2H6/c1-9-4-3-5-10-6-7-12(2)8-11(9)10;1-2/h3-5H,6-8H2,1-2H3;1-2H3. The monoisotopic (exact) mass is 191 g/mol. The number of likely N-dealkylation sites (N-methyl/N-ethyl adjacent to an activating group) is 1. The Kier molecular flexibility index (Phi) is 4.15. The SMILES string of the molecule is CC.Cc1cccc2c1CN(C)CC2. The molecule has 14 heavy (non-hydrogen) atoms. The van der Waals surface area contributed by atoms with Crippen LogP contribution in [0.1, 0.15) is 30.5 Å². The van der Waals surface area contributed by atoms with E-state index in [1.807, 2.05) is 13.8 Å². The average molecular weight is 191 g/mol. The quantitative estimate of drug-likeness (QED) is 0.609. The third-order valence-corrected chi connectivity index (χ3v) is 2.70. The lowest BCUT2D eigenvalue weighted by Gasteiger charge is -2.26. The fourth-order valence-electron chi connectivity index (χ4n) is 1.88. The molecule has 1 heterocycles. The van der Waals surface area contributed by atoms with E-state index in [-0.39, 0.29) is 0 Å². The lowest BCUT2D eigenvalue weighted by Crippen LogP contribution is -2.27. The van der Waals surface area contributed by atoms with Crippen molar-refractivity contribution in [2.45, 2.75) is 33.7 Å². The van der Waals surface area contributed by atoms with Gasteiger partial charge < -0.3 is 4.90 Å². The van der Waals surface area contributed by atoms with Crippen molar-refractivity contribution in [3.05, 3.63) is 34.9 Å². The molecule has 78 valence electrons. The summed E-state index contributed by atoms with van der Waals surface area (Å²) in [7, 11) is 2.19. The molecule has 0 amide bonds. The summed E-state index contributed by atoms with van der Waals surface area (Å²) in [5, 5.41) is 0. The highest BCUT2D eigenvalue weighted by atomic mass is 15.1. The van der Waals surface area contributed by atoms with Crippen molar-refractivity contribution in [1.29, 1.82) is 0 Å². The lowest BCUT2D eigenvalue weighted by atomic mass is 9.96. The van der Waals surface area contributed by atoms with Crippen LogP contribution in [0.3, 0.4) is 0 Å². The second kappa shape index (κ2) is 5.16. The maximum absolute atomic E-state index is 2.38. The molecule has 0 spiro atoms. The zero-order valence-corrected chi connectivity index (χ0v) is 9.80. The van der Waals surface area contributed by atoms with Gasteiger partial charge in [0.05, 0.1) is 0 Å². The summed E-state index contributed by atoms with van der Waals surface area (Å²) in [6.45, 7) is 8.54. The number of fused-ring (bicyclic) bond motifs is 1. The molecule has 0 saturated heterocycles. The molecule has 1 nitrogen and oxygen atoms in total. The first-order valence-corrected chi connectivity index (χ1v) is 5.53. The minimum Gasteiger partial charge on any atom is -0.302 e. The first kappa shape index (κ1) is 11.3. The molecule has 1 aliphatic heterocycles. The average Bonchev–Trinajstić information content (AvgIpc) is 2.22. The molecule has 0 unspecified atom stereocenters. The number of hydrogen-bond acceptors (Lipinski definition) is 1. The number of rotatable bonds is 0. The topological polar surface area (TPSA) is 3.24 Å². The number of nitrogens with zero attached hydrogens (tertiary/aromatic N) is 1. The number of benzene rings is 1. The second-order valence-electron chi connectivity index (χ2n) is 3.70. The smallest absolute Gasteiger partial charge is 0.0236 e. The van der Waals surface area contributed by atoms with Gasteiger partial charge in [-0.1, -0.05) is 32.0 Å². The van der Waals surface area contributed by atoms with Gasteiger partial charge in [-0.05, 0) is 37.1 Å². The molecule has 1 heteroatoms. The van der Waals surface area contributed by atoms with E-state index in [2.05, 4.69) is 37.1 Å². The van der Waals surface area contributed by atoms with Gasteiger partial charge in [0.1, 0.15) is 0 Å². The van der Waals surface area contributed by atoms with Crippen LogP contribution >= 0.6 is 0 Å². The van der Waals surface area contributed by atoms with Crippen molar-refractivity contribution in [1.82, 2.24) is 4.90 Å². The van der Waals surface area contributed by atoms with Gasteiger partial charge in [-0.2, -0.15) is 0 Å². The Morgan fingerprint density at radius 2 is 1.93 bits per heavy atom. The number of aryl methyl sites for hydroxylation is 1. The van der Waals surface area contributed by atoms with E-state index in [1.54, 1.807) is 11.1 Å². The largest absolute Gasteiger partial charge is 0.302 e. The van der Waals surface area contributed by atoms with Crippen LogP contribution in [0, 0.1) is 6.92 Å². The van der Waals surface area contributed by atoms with Gasteiger partial charge in [-0.25, -0.2) is 0 Å².